The highest BCUT2D eigenvalue weighted by Gasteiger charge is 2.56. The number of benzene rings is 2. The lowest BCUT2D eigenvalue weighted by molar-refractivity contribution is -0.384. The number of non-ortho nitro benzene ring substituents is 1. The smallest absolute Gasteiger partial charge is 0.269 e. The van der Waals surface area contributed by atoms with Gasteiger partial charge >= 0.3 is 0 Å². The first kappa shape index (κ1) is 26.4. The van der Waals surface area contributed by atoms with Crippen LogP contribution in [0.3, 0.4) is 0 Å². The molecule has 0 unspecified atom stereocenters. The normalized spacial score (nSPS) is 25.4. The molecular weight excluding hydrogens is 528 g/mol. The van der Waals surface area contributed by atoms with E-state index in [2.05, 4.69) is 0 Å². The lowest BCUT2D eigenvalue weighted by Crippen LogP contribution is -2.39. The van der Waals surface area contributed by atoms with E-state index >= 15 is 0 Å². The maximum absolute atomic E-state index is 13.9. The molecule has 1 fully saturated rings. The second-order valence-electron chi connectivity index (χ2n) is 10.7. The number of phenols is 1. The van der Waals surface area contributed by atoms with Gasteiger partial charge in [0.2, 0.25) is 11.8 Å². The summed E-state index contributed by atoms with van der Waals surface area (Å²) in [6, 6.07) is 10.1. The van der Waals surface area contributed by atoms with E-state index in [-0.39, 0.29) is 47.3 Å². The van der Waals surface area contributed by atoms with Crippen LogP contribution < -0.4 is 9.64 Å². The van der Waals surface area contributed by atoms with Gasteiger partial charge in [0.05, 0.1) is 29.1 Å². The molecule has 0 saturated carbocycles. The van der Waals surface area contributed by atoms with Gasteiger partial charge in [-0.25, -0.2) is 0 Å². The Morgan fingerprint density at radius 3 is 2.46 bits per heavy atom. The van der Waals surface area contributed by atoms with E-state index in [9.17, 15) is 34.4 Å². The van der Waals surface area contributed by atoms with Crippen molar-refractivity contribution in [3.05, 3.63) is 92.6 Å². The number of rotatable bonds is 5. The molecule has 2 amide bonds. The van der Waals surface area contributed by atoms with E-state index in [0.717, 1.165) is 10.5 Å². The molecule has 208 valence electrons. The summed E-state index contributed by atoms with van der Waals surface area (Å²) in [5.41, 5.74) is 2.51. The van der Waals surface area contributed by atoms with Crippen LogP contribution in [-0.4, -0.2) is 40.0 Å². The van der Waals surface area contributed by atoms with Crippen LogP contribution in [0.15, 0.2) is 76.9 Å². The first-order valence-electron chi connectivity index (χ1n) is 13.4. The summed E-state index contributed by atoms with van der Waals surface area (Å²) in [7, 11) is 0. The lowest BCUT2D eigenvalue weighted by atomic mass is 9.59. The minimum absolute atomic E-state index is 0.0627. The number of anilines is 1. The third-order valence-corrected chi connectivity index (χ3v) is 8.50. The average Bonchev–Trinajstić information content (AvgIpc) is 3.21. The van der Waals surface area contributed by atoms with Crippen LogP contribution in [0.5, 0.6) is 11.5 Å². The number of nitro groups is 1. The van der Waals surface area contributed by atoms with E-state index in [0.29, 0.717) is 28.9 Å². The number of hydrogen-bond donors (Lipinski definition) is 1. The molecule has 1 heterocycles. The predicted molar refractivity (Wildman–Crippen MR) is 146 cm³/mol. The number of imide groups is 1. The lowest BCUT2D eigenvalue weighted by Gasteiger charge is -2.42. The van der Waals surface area contributed by atoms with Crippen molar-refractivity contribution < 1.29 is 33.9 Å². The van der Waals surface area contributed by atoms with E-state index in [1.54, 1.807) is 26.0 Å². The van der Waals surface area contributed by atoms with Crippen LogP contribution in [0, 0.1) is 27.9 Å². The van der Waals surface area contributed by atoms with Gasteiger partial charge in [0, 0.05) is 34.8 Å². The Morgan fingerprint density at radius 1 is 1.05 bits per heavy atom. The van der Waals surface area contributed by atoms with Crippen molar-refractivity contribution in [2.45, 2.75) is 32.6 Å². The molecule has 1 aliphatic heterocycles. The monoisotopic (exact) mass is 554 g/mol. The van der Waals surface area contributed by atoms with Crippen LogP contribution >= 0.6 is 0 Å². The number of hydrogen-bond acceptors (Lipinski definition) is 8. The maximum Gasteiger partial charge on any atom is 0.269 e. The number of aromatic hydroxyl groups is 1. The van der Waals surface area contributed by atoms with Gasteiger partial charge in [-0.3, -0.25) is 34.2 Å². The second-order valence-corrected chi connectivity index (χ2v) is 10.7. The molecule has 41 heavy (non-hydrogen) atoms. The summed E-state index contributed by atoms with van der Waals surface area (Å²) >= 11 is 0. The zero-order valence-corrected chi connectivity index (χ0v) is 22.3. The number of amides is 2. The number of ketones is 2. The number of Topliss-reactive ketones (excluding diaryl/α,β-unsaturated/α-hetero) is 1. The fourth-order valence-corrected chi connectivity index (χ4v) is 6.70. The molecule has 0 bridgehead atoms. The highest BCUT2D eigenvalue weighted by Crippen LogP contribution is 2.56. The molecule has 10 nitrogen and oxygen atoms in total. The van der Waals surface area contributed by atoms with Crippen molar-refractivity contribution >= 4 is 34.8 Å². The van der Waals surface area contributed by atoms with Crippen molar-refractivity contribution in [3.63, 3.8) is 0 Å². The Morgan fingerprint density at radius 2 is 1.78 bits per heavy atom. The third kappa shape index (κ3) is 4.01. The van der Waals surface area contributed by atoms with Gasteiger partial charge < -0.3 is 9.84 Å². The molecule has 3 aliphatic carbocycles. The summed E-state index contributed by atoms with van der Waals surface area (Å²) < 4.78 is 5.60. The SMILES string of the molecule is CCOc1cc([C@H]2C3=CC[C@@H]4C(=O)N(c5ccc([N+](=O)[O-])cc5)C(=O)[C@@H]4[C@@H]3CC3=C2C(=O)C(C)=CC3=O)ccc1O. The largest absolute Gasteiger partial charge is 0.504 e. The standard InChI is InChI=1S/C31H26N2O8/c1-3-41-25-13-16(4-11-23(25)34)26-19-9-10-20-27(21(19)14-22-24(35)12-15(2)29(36)28(22)26)31(38)32(30(20)37)17-5-7-18(8-6-17)33(39)40/h4-9,11-13,20-21,26-27,34H,3,10,14H2,1-2H3/t20-,21+,26-,27-/m0/s1. The maximum atomic E-state index is 13.9. The Labute approximate surface area is 234 Å². The van der Waals surface area contributed by atoms with Crippen LogP contribution in [0.25, 0.3) is 0 Å². The van der Waals surface area contributed by atoms with Gasteiger partial charge in [-0.15, -0.1) is 0 Å². The van der Waals surface area contributed by atoms with Crippen LogP contribution in [0.2, 0.25) is 0 Å². The molecule has 4 aliphatic rings. The molecule has 6 rings (SSSR count). The molecule has 2 aromatic carbocycles. The van der Waals surface area contributed by atoms with Gasteiger partial charge in [-0.05, 0) is 68.5 Å². The second kappa shape index (κ2) is 9.65. The van der Waals surface area contributed by atoms with Crippen molar-refractivity contribution in [2.24, 2.45) is 17.8 Å². The molecule has 10 heteroatoms. The minimum atomic E-state index is -0.771. The summed E-state index contributed by atoms with van der Waals surface area (Å²) in [5.74, 6) is -3.83. The minimum Gasteiger partial charge on any atom is -0.504 e. The fraction of sp³-hybridized carbons (Fsp3) is 0.290. The molecule has 1 saturated heterocycles. The number of ether oxygens (including phenoxy) is 1. The van der Waals surface area contributed by atoms with Crippen LogP contribution in [0.4, 0.5) is 11.4 Å². The quantitative estimate of drug-likeness (QED) is 0.189. The highest BCUT2D eigenvalue weighted by atomic mass is 16.6. The van der Waals surface area contributed by atoms with E-state index < -0.39 is 40.4 Å². The zero-order valence-electron chi connectivity index (χ0n) is 22.3. The number of fused-ring (bicyclic) bond motifs is 3. The van der Waals surface area contributed by atoms with Gasteiger partial charge in [-0.1, -0.05) is 17.7 Å². The van der Waals surface area contributed by atoms with Gasteiger partial charge in [-0.2, -0.15) is 0 Å². The van der Waals surface area contributed by atoms with Gasteiger partial charge in [0.1, 0.15) is 0 Å². The first-order valence-corrected chi connectivity index (χ1v) is 13.4. The molecule has 0 radical (unpaired) electrons. The average molecular weight is 555 g/mol. The number of phenolic OH excluding ortho intramolecular Hbond substituents is 1. The molecule has 0 spiro atoms. The van der Waals surface area contributed by atoms with Crippen LogP contribution in [0.1, 0.15) is 38.2 Å². The zero-order chi connectivity index (χ0) is 29.2. The Bertz CT molecular complexity index is 1650. The number of allylic oxidation sites excluding steroid dienone is 6. The van der Waals surface area contributed by atoms with Gasteiger partial charge in [0.15, 0.2) is 23.1 Å². The summed E-state index contributed by atoms with van der Waals surface area (Å²) in [4.78, 5) is 65.9. The first-order chi connectivity index (χ1) is 19.6. The molecular formula is C31H26N2O8. The van der Waals surface area contributed by atoms with E-state index in [1.165, 1.54) is 36.4 Å². The summed E-state index contributed by atoms with van der Waals surface area (Å²) in [6.45, 7) is 3.69. The summed E-state index contributed by atoms with van der Waals surface area (Å²) in [5, 5.41) is 21.4. The Kier molecular flexibility index (Phi) is 6.21. The molecule has 0 aromatic heterocycles. The van der Waals surface area contributed by atoms with Crippen molar-refractivity contribution in [1.82, 2.24) is 0 Å². The highest BCUT2D eigenvalue weighted by molar-refractivity contribution is 6.25. The van der Waals surface area contributed by atoms with Crippen LogP contribution in [-0.2, 0) is 19.2 Å². The summed E-state index contributed by atoms with van der Waals surface area (Å²) in [6.07, 6.45) is 3.62. The predicted octanol–water partition coefficient (Wildman–Crippen LogP) is 4.33. The Hall–Kier alpha value is -4.86. The van der Waals surface area contributed by atoms with Crippen molar-refractivity contribution in [2.75, 3.05) is 11.5 Å². The molecule has 2 aromatic rings. The number of carbonyl (C=O) groups excluding carboxylic acids is 4. The topological polar surface area (TPSA) is 144 Å². The number of carbonyl (C=O) groups is 4. The molecule has 4 atom stereocenters. The molecule has 1 N–H and O–H groups in total. The fourth-order valence-electron chi connectivity index (χ4n) is 6.70. The van der Waals surface area contributed by atoms with E-state index in [4.69, 9.17) is 4.74 Å². The number of nitro benzene ring substituents is 1. The van der Waals surface area contributed by atoms with E-state index in [1.807, 2.05) is 6.08 Å². The van der Waals surface area contributed by atoms with Crippen molar-refractivity contribution in [1.29, 1.82) is 0 Å². The number of nitrogens with zero attached hydrogens (tertiary/aromatic N) is 2. The van der Waals surface area contributed by atoms with Gasteiger partial charge in [0.25, 0.3) is 5.69 Å². The van der Waals surface area contributed by atoms with Crippen molar-refractivity contribution in [3.8, 4) is 11.5 Å². The third-order valence-electron chi connectivity index (χ3n) is 8.50. The Balaban J connectivity index is 1.46.